The van der Waals surface area contributed by atoms with Crippen molar-refractivity contribution in [2.45, 2.75) is 19.4 Å². The van der Waals surface area contributed by atoms with E-state index in [1.54, 1.807) is 12.1 Å². The molecule has 0 aliphatic carbocycles. The summed E-state index contributed by atoms with van der Waals surface area (Å²) in [5.74, 6) is -1.67. The van der Waals surface area contributed by atoms with E-state index < -0.39 is 22.8 Å². The van der Waals surface area contributed by atoms with Crippen LogP contribution in [0.25, 0.3) is 0 Å². The van der Waals surface area contributed by atoms with E-state index in [4.69, 9.17) is 5.11 Å². The molecule has 8 heteroatoms. The van der Waals surface area contributed by atoms with Crippen LogP contribution in [-0.4, -0.2) is 26.9 Å². The number of nitrogens with zero attached hydrogens (tertiary/aromatic N) is 1. The molecular formula is C15H15N3O5. The quantitative estimate of drug-likeness (QED) is 0.556. The molecule has 0 bridgehead atoms. The highest BCUT2D eigenvalue weighted by Gasteiger charge is 2.21. The minimum atomic E-state index is -1.06. The average molecular weight is 317 g/mol. The summed E-state index contributed by atoms with van der Waals surface area (Å²) in [6.45, 7) is 1.90. The first-order valence-corrected chi connectivity index (χ1v) is 6.79. The Labute approximate surface area is 131 Å². The van der Waals surface area contributed by atoms with Crippen molar-refractivity contribution >= 4 is 17.6 Å². The molecule has 1 atom stereocenters. The second kappa shape index (κ2) is 6.73. The summed E-state index contributed by atoms with van der Waals surface area (Å²) in [6.07, 6.45) is 0.810. The second-order valence-electron chi connectivity index (χ2n) is 5.06. The Kier molecular flexibility index (Phi) is 4.75. The Balaban J connectivity index is 2.19. The number of aromatic nitrogens is 1. The van der Waals surface area contributed by atoms with Crippen molar-refractivity contribution < 1.29 is 19.6 Å². The second-order valence-corrected chi connectivity index (χ2v) is 5.06. The van der Waals surface area contributed by atoms with Crippen LogP contribution in [0.1, 0.15) is 34.1 Å². The summed E-state index contributed by atoms with van der Waals surface area (Å²) < 4.78 is 0. The molecule has 2 aromatic rings. The van der Waals surface area contributed by atoms with E-state index in [2.05, 4.69) is 10.3 Å². The average Bonchev–Trinajstić information content (AvgIpc) is 2.97. The van der Waals surface area contributed by atoms with Crippen molar-refractivity contribution in [2.75, 3.05) is 0 Å². The SMILES string of the molecule is Cc1ccc(C(CC(=O)O)NC(=O)c2cc([N+](=O)[O-])c[nH]2)cc1. The molecule has 0 fully saturated rings. The van der Waals surface area contributed by atoms with Crippen LogP contribution in [0, 0.1) is 17.0 Å². The molecule has 0 aliphatic rings. The summed E-state index contributed by atoms with van der Waals surface area (Å²) in [7, 11) is 0. The molecule has 0 saturated carbocycles. The van der Waals surface area contributed by atoms with E-state index >= 15 is 0 Å². The van der Waals surface area contributed by atoms with Gasteiger partial charge in [0.1, 0.15) is 5.69 Å². The summed E-state index contributed by atoms with van der Waals surface area (Å²) in [4.78, 5) is 35.7. The molecular weight excluding hydrogens is 302 g/mol. The molecule has 1 heterocycles. The molecule has 1 aromatic heterocycles. The van der Waals surface area contributed by atoms with Gasteiger partial charge in [-0.1, -0.05) is 29.8 Å². The standard InChI is InChI=1S/C15H15N3O5/c1-9-2-4-10(5-3-9)12(7-14(19)20)17-15(21)13-6-11(8-16-13)18(22)23/h2-6,8,12,16H,7H2,1H3,(H,17,21)(H,19,20). The summed E-state index contributed by atoms with van der Waals surface area (Å²) in [5, 5.41) is 22.2. The van der Waals surface area contributed by atoms with Crippen molar-refractivity contribution in [3.63, 3.8) is 0 Å². The largest absolute Gasteiger partial charge is 0.481 e. The lowest BCUT2D eigenvalue weighted by Gasteiger charge is -2.17. The number of nitrogens with one attached hydrogen (secondary N) is 2. The maximum atomic E-state index is 12.2. The van der Waals surface area contributed by atoms with Crippen LogP contribution >= 0.6 is 0 Å². The van der Waals surface area contributed by atoms with Gasteiger partial charge in [0.05, 0.1) is 23.6 Å². The summed E-state index contributed by atoms with van der Waals surface area (Å²) in [6, 6.07) is 7.47. The highest BCUT2D eigenvalue weighted by atomic mass is 16.6. The Hall–Kier alpha value is -3.16. The van der Waals surface area contributed by atoms with Gasteiger partial charge in [0.25, 0.3) is 11.6 Å². The van der Waals surface area contributed by atoms with Crippen molar-refractivity contribution in [1.82, 2.24) is 10.3 Å². The lowest BCUT2D eigenvalue weighted by atomic mass is 10.0. The number of H-pyrrole nitrogens is 1. The van der Waals surface area contributed by atoms with Gasteiger partial charge < -0.3 is 15.4 Å². The zero-order valence-corrected chi connectivity index (χ0v) is 12.3. The van der Waals surface area contributed by atoms with E-state index in [9.17, 15) is 19.7 Å². The summed E-state index contributed by atoms with van der Waals surface area (Å²) in [5.41, 5.74) is 1.42. The van der Waals surface area contributed by atoms with Crippen molar-refractivity contribution in [2.24, 2.45) is 0 Å². The normalized spacial score (nSPS) is 11.7. The van der Waals surface area contributed by atoms with Gasteiger partial charge in [-0.15, -0.1) is 0 Å². The lowest BCUT2D eigenvalue weighted by molar-refractivity contribution is -0.384. The van der Waals surface area contributed by atoms with E-state index in [0.29, 0.717) is 5.56 Å². The predicted octanol–water partition coefficient (Wildman–Crippen LogP) is 2.18. The molecule has 23 heavy (non-hydrogen) atoms. The Bertz CT molecular complexity index is 736. The predicted molar refractivity (Wildman–Crippen MR) is 81.1 cm³/mol. The van der Waals surface area contributed by atoms with Gasteiger partial charge in [0.15, 0.2) is 0 Å². The number of carboxylic acids is 1. The highest BCUT2D eigenvalue weighted by molar-refractivity contribution is 5.93. The third-order valence-corrected chi connectivity index (χ3v) is 3.29. The number of aromatic amines is 1. The topological polar surface area (TPSA) is 125 Å². The van der Waals surface area contributed by atoms with Gasteiger partial charge in [0, 0.05) is 6.07 Å². The maximum absolute atomic E-state index is 12.2. The molecule has 120 valence electrons. The zero-order valence-electron chi connectivity index (χ0n) is 12.3. The van der Waals surface area contributed by atoms with Crippen LogP contribution in [0.15, 0.2) is 36.5 Å². The molecule has 0 radical (unpaired) electrons. The zero-order chi connectivity index (χ0) is 17.0. The van der Waals surface area contributed by atoms with E-state index in [0.717, 1.165) is 17.8 Å². The number of benzene rings is 1. The fourth-order valence-electron chi connectivity index (χ4n) is 2.08. The molecule has 1 aromatic carbocycles. The van der Waals surface area contributed by atoms with E-state index in [1.165, 1.54) is 0 Å². The third kappa shape index (κ3) is 4.16. The lowest BCUT2D eigenvalue weighted by Crippen LogP contribution is -2.30. The minimum absolute atomic E-state index is 0.000740. The Morgan fingerprint density at radius 2 is 2.00 bits per heavy atom. The minimum Gasteiger partial charge on any atom is -0.481 e. The van der Waals surface area contributed by atoms with Gasteiger partial charge >= 0.3 is 5.97 Å². The number of aryl methyl sites for hydroxylation is 1. The van der Waals surface area contributed by atoms with Crippen LogP contribution in [0.4, 0.5) is 5.69 Å². The molecule has 0 aliphatic heterocycles. The van der Waals surface area contributed by atoms with Gasteiger partial charge in [0.2, 0.25) is 0 Å². The van der Waals surface area contributed by atoms with Crippen molar-refractivity contribution in [3.05, 3.63) is 63.5 Å². The van der Waals surface area contributed by atoms with Crippen LogP contribution in [-0.2, 0) is 4.79 Å². The van der Waals surface area contributed by atoms with Crippen LogP contribution in [0.2, 0.25) is 0 Å². The highest BCUT2D eigenvalue weighted by Crippen LogP contribution is 2.19. The van der Waals surface area contributed by atoms with Gasteiger partial charge in [-0.3, -0.25) is 19.7 Å². The number of aliphatic carboxylic acids is 1. The smallest absolute Gasteiger partial charge is 0.305 e. The molecule has 1 unspecified atom stereocenters. The molecule has 0 spiro atoms. The number of carbonyl (C=O) groups excluding carboxylic acids is 1. The first-order chi connectivity index (χ1) is 10.9. The molecule has 1 amide bonds. The third-order valence-electron chi connectivity index (χ3n) is 3.29. The number of rotatable bonds is 6. The van der Waals surface area contributed by atoms with Crippen LogP contribution < -0.4 is 5.32 Å². The fourth-order valence-corrected chi connectivity index (χ4v) is 2.08. The number of hydrogen-bond acceptors (Lipinski definition) is 4. The van der Waals surface area contributed by atoms with Gasteiger partial charge in [-0.05, 0) is 12.5 Å². The molecule has 2 rings (SSSR count). The first-order valence-electron chi connectivity index (χ1n) is 6.79. The molecule has 0 saturated heterocycles. The number of hydrogen-bond donors (Lipinski definition) is 3. The Morgan fingerprint density at radius 3 is 2.52 bits per heavy atom. The van der Waals surface area contributed by atoms with Crippen molar-refractivity contribution in [3.8, 4) is 0 Å². The number of nitro groups is 1. The van der Waals surface area contributed by atoms with E-state index in [1.807, 2.05) is 19.1 Å². The van der Waals surface area contributed by atoms with E-state index in [-0.39, 0.29) is 17.8 Å². The van der Waals surface area contributed by atoms with Gasteiger partial charge in [-0.2, -0.15) is 0 Å². The number of carboxylic acid groups (broad SMARTS) is 1. The Morgan fingerprint density at radius 1 is 1.35 bits per heavy atom. The van der Waals surface area contributed by atoms with Crippen molar-refractivity contribution in [1.29, 1.82) is 0 Å². The van der Waals surface area contributed by atoms with Gasteiger partial charge in [-0.25, -0.2) is 0 Å². The number of carbonyl (C=O) groups is 2. The van der Waals surface area contributed by atoms with Crippen LogP contribution in [0.5, 0.6) is 0 Å². The first kappa shape index (κ1) is 16.2. The molecule has 3 N–H and O–H groups in total. The fraction of sp³-hybridized carbons (Fsp3) is 0.200. The van der Waals surface area contributed by atoms with Crippen LogP contribution in [0.3, 0.4) is 0 Å². The number of amides is 1. The monoisotopic (exact) mass is 317 g/mol. The summed E-state index contributed by atoms with van der Waals surface area (Å²) >= 11 is 0. The maximum Gasteiger partial charge on any atom is 0.305 e. The molecule has 8 nitrogen and oxygen atoms in total.